The first-order valence-corrected chi connectivity index (χ1v) is 9.45. The molecule has 1 saturated heterocycles. The van der Waals surface area contributed by atoms with E-state index in [1.807, 2.05) is 12.1 Å². The molecule has 0 amide bonds. The molecule has 2 heterocycles. The van der Waals surface area contributed by atoms with Crippen LogP contribution in [0.5, 0.6) is 0 Å². The molecule has 1 aliphatic carbocycles. The first kappa shape index (κ1) is 21.5. The molecule has 1 aliphatic heterocycles. The van der Waals surface area contributed by atoms with E-state index in [4.69, 9.17) is 18.9 Å². The number of hydrogen-bond donors (Lipinski definition) is 2. The van der Waals surface area contributed by atoms with Crippen LogP contribution in [0.3, 0.4) is 0 Å². The van der Waals surface area contributed by atoms with Gasteiger partial charge >= 0.3 is 0 Å². The number of methoxy groups -OCH3 is 1. The Balaban J connectivity index is 0.00000243. The summed E-state index contributed by atoms with van der Waals surface area (Å²) in [6, 6.07) is 3.93. The van der Waals surface area contributed by atoms with Crippen LogP contribution in [0.1, 0.15) is 37.9 Å². The molecule has 7 heteroatoms. The maximum absolute atomic E-state index is 5.70. The molecule has 1 saturated carbocycles. The van der Waals surface area contributed by atoms with E-state index in [2.05, 4.69) is 10.6 Å². The molecule has 3 rings (SSSR count). The third-order valence-corrected chi connectivity index (χ3v) is 5.13. The van der Waals surface area contributed by atoms with E-state index in [1.54, 1.807) is 13.4 Å². The first-order chi connectivity index (χ1) is 12.3. The quantitative estimate of drug-likeness (QED) is 0.308. The summed E-state index contributed by atoms with van der Waals surface area (Å²) in [4.78, 5) is 4.84. The Morgan fingerprint density at radius 1 is 1.38 bits per heavy atom. The van der Waals surface area contributed by atoms with Crippen molar-refractivity contribution >= 4 is 29.9 Å². The van der Waals surface area contributed by atoms with Gasteiger partial charge in [-0.3, -0.25) is 4.99 Å². The smallest absolute Gasteiger partial charge is 0.191 e. The topological polar surface area (TPSA) is 68.0 Å². The summed E-state index contributed by atoms with van der Waals surface area (Å²) in [5.41, 5.74) is 0.357. The van der Waals surface area contributed by atoms with E-state index in [0.29, 0.717) is 11.5 Å². The number of furan rings is 1. The van der Waals surface area contributed by atoms with Gasteiger partial charge in [-0.25, -0.2) is 0 Å². The van der Waals surface area contributed by atoms with Crippen LogP contribution in [0, 0.1) is 5.41 Å². The zero-order chi connectivity index (χ0) is 17.4. The van der Waals surface area contributed by atoms with E-state index < -0.39 is 0 Å². The predicted molar refractivity (Wildman–Crippen MR) is 113 cm³/mol. The summed E-state index contributed by atoms with van der Waals surface area (Å²) in [5, 5.41) is 6.88. The number of guanidine groups is 1. The zero-order valence-electron chi connectivity index (χ0n) is 15.7. The van der Waals surface area contributed by atoms with E-state index >= 15 is 0 Å². The van der Waals surface area contributed by atoms with Crippen LogP contribution < -0.4 is 10.6 Å². The molecule has 26 heavy (non-hydrogen) atoms. The molecule has 0 bridgehead atoms. The molecule has 2 fully saturated rings. The predicted octanol–water partition coefficient (Wildman–Crippen LogP) is 2.97. The molecular weight excluding hydrogens is 445 g/mol. The van der Waals surface area contributed by atoms with E-state index in [1.165, 1.54) is 12.8 Å². The molecular formula is C19H32IN3O3. The number of nitrogens with zero attached hydrogens (tertiary/aromatic N) is 1. The van der Waals surface area contributed by atoms with Gasteiger partial charge in [-0.1, -0.05) is 0 Å². The number of hydrogen-bond acceptors (Lipinski definition) is 4. The minimum atomic E-state index is 0. The van der Waals surface area contributed by atoms with Crippen LogP contribution in [0.25, 0.3) is 0 Å². The summed E-state index contributed by atoms with van der Waals surface area (Å²) < 4.78 is 16.3. The van der Waals surface area contributed by atoms with Crippen molar-refractivity contribution in [2.75, 3.05) is 40.0 Å². The third kappa shape index (κ3) is 7.08. The average molecular weight is 477 g/mol. The fraction of sp³-hybridized carbons (Fsp3) is 0.737. The fourth-order valence-electron chi connectivity index (χ4n) is 3.18. The lowest BCUT2D eigenvalue weighted by molar-refractivity contribution is 0.113. The number of nitrogens with one attached hydrogen (secondary N) is 2. The van der Waals surface area contributed by atoms with Gasteiger partial charge in [0.1, 0.15) is 5.76 Å². The third-order valence-electron chi connectivity index (χ3n) is 5.13. The number of rotatable bonds is 10. The Morgan fingerprint density at radius 3 is 2.92 bits per heavy atom. The highest BCUT2D eigenvalue weighted by Gasteiger charge is 2.41. The highest BCUT2D eigenvalue weighted by molar-refractivity contribution is 14.0. The fourth-order valence-corrected chi connectivity index (χ4v) is 3.18. The van der Waals surface area contributed by atoms with Crippen LogP contribution in [0.15, 0.2) is 27.8 Å². The second kappa shape index (κ2) is 11.1. The van der Waals surface area contributed by atoms with Crippen molar-refractivity contribution in [3.8, 4) is 0 Å². The number of ether oxygens (including phenoxy) is 2. The van der Waals surface area contributed by atoms with Crippen molar-refractivity contribution < 1.29 is 13.9 Å². The Hall–Kier alpha value is -0.800. The van der Waals surface area contributed by atoms with E-state index in [0.717, 1.165) is 70.3 Å². The lowest BCUT2D eigenvalue weighted by Gasteiger charge is -2.17. The van der Waals surface area contributed by atoms with Gasteiger partial charge in [0, 0.05) is 46.4 Å². The standard InChI is InChI=1S/C19H31N3O3.HI/c1-23-13-9-19(7-8-19)15-22-18(21-14-17-5-3-12-25-17)20-10-6-16-4-2-11-24-16;/h2,4,11,17H,3,5-10,12-15H2,1H3,(H2,20,21,22);1H. The van der Waals surface area contributed by atoms with Crippen LogP contribution in [0.2, 0.25) is 0 Å². The number of halogens is 1. The molecule has 1 unspecified atom stereocenters. The van der Waals surface area contributed by atoms with Crippen molar-refractivity contribution in [2.45, 2.75) is 44.6 Å². The largest absolute Gasteiger partial charge is 0.469 e. The minimum Gasteiger partial charge on any atom is -0.469 e. The second-order valence-corrected chi connectivity index (χ2v) is 7.18. The van der Waals surface area contributed by atoms with Crippen molar-refractivity contribution in [1.82, 2.24) is 10.6 Å². The molecule has 0 aromatic carbocycles. The summed E-state index contributed by atoms with van der Waals surface area (Å²) in [6.07, 6.45) is 8.76. The molecule has 1 aromatic rings. The Kier molecular flexibility index (Phi) is 9.21. The Bertz CT molecular complexity index is 526. The lowest BCUT2D eigenvalue weighted by Crippen LogP contribution is -2.42. The normalized spacial score (nSPS) is 21.3. The summed E-state index contributed by atoms with van der Waals surface area (Å²) in [6.45, 7) is 4.18. The van der Waals surface area contributed by atoms with Gasteiger partial charge in [0.25, 0.3) is 0 Å². The van der Waals surface area contributed by atoms with Crippen LogP contribution in [0.4, 0.5) is 0 Å². The lowest BCUT2D eigenvalue weighted by atomic mass is 10.0. The van der Waals surface area contributed by atoms with Gasteiger partial charge in [-0.2, -0.15) is 0 Å². The summed E-state index contributed by atoms with van der Waals surface area (Å²) >= 11 is 0. The summed E-state index contributed by atoms with van der Waals surface area (Å²) in [5.74, 6) is 1.87. The molecule has 1 aromatic heterocycles. The molecule has 0 radical (unpaired) electrons. The second-order valence-electron chi connectivity index (χ2n) is 7.18. The van der Waals surface area contributed by atoms with Crippen molar-refractivity contribution in [3.63, 3.8) is 0 Å². The average Bonchev–Trinajstić information content (AvgIpc) is 3.04. The van der Waals surface area contributed by atoms with Crippen molar-refractivity contribution in [3.05, 3.63) is 24.2 Å². The van der Waals surface area contributed by atoms with Crippen molar-refractivity contribution in [2.24, 2.45) is 10.4 Å². The van der Waals surface area contributed by atoms with Crippen LogP contribution in [-0.4, -0.2) is 52.0 Å². The summed E-state index contributed by atoms with van der Waals surface area (Å²) in [7, 11) is 1.77. The maximum atomic E-state index is 5.70. The SMILES string of the molecule is COCCC1(CN=C(NCCc2ccco2)NCC2CCCO2)CC1.I. The minimum absolute atomic E-state index is 0. The number of aliphatic imine (C=N–C) groups is 1. The van der Waals surface area contributed by atoms with E-state index in [-0.39, 0.29) is 24.0 Å². The van der Waals surface area contributed by atoms with Crippen molar-refractivity contribution in [1.29, 1.82) is 0 Å². The highest BCUT2D eigenvalue weighted by Crippen LogP contribution is 2.48. The van der Waals surface area contributed by atoms with Gasteiger partial charge in [0.2, 0.25) is 0 Å². The Labute approximate surface area is 173 Å². The molecule has 148 valence electrons. The molecule has 0 spiro atoms. The van der Waals surface area contributed by atoms with E-state index in [9.17, 15) is 0 Å². The van der Waals surface area contributed by atoms with Gasteiger partial charge in [-0.15, -0.1) is 24.0 Å². The molecule has 1 atom stereocenters. The Morgan fingerprint density at radius 2 is 2.27 bits per heavy atom. The highest BCUT2D eigenvalue weighted by atomic mass is 127. The monoisotopic (exact) mass is 477 g/mol. The van der Waals surface area contributed by atoms with Crippen LogP contribution >= 0.6 is 24.0 Å². The van der Waals surface area contributed by atoms with Gasteiger partial charge in [0.05, 0.1) is 12.4 Å². The van der Waals surface area contributed by atoms with Gasteiger partial charge < -0.3 is 24.5 Å². The molecule has 6 nitrogen and oxygen atoms in total. The van der Waals surface area contributed by atoms with Crippen LogP contribution in [-0.2, 0) is 15.9 Å². The molecule has 2 aliphatic rings. The van der Waals surface area contributed by atoms with Gasteiger partial charge in [-0.05, 0) is 49.7 Å². The maximum Gasteiger partial charge on any atom is 0.191 e. The van der Waals surface area contributed by atoms with Gasteiger partial charge in [0.15, 0.2) is 5.96 Å². The zero-order valence-corrected chi connectivity index (χ0v) is 18.0. The first-order valence-electron chi connectivity index (χ1n) is 9.45. The molecule has 2 N–H and O–H groups in total.